The first-order chi connectivity index (χ1) is 8.08. The Hall–Kier alpha value is -1.91. The van der Waals surface area contributed by atoms with Gasteiger partial charge in [0.2, 0.25) is 5.91 Å². The van der Waals surface area contributed by atoms with Crippen LogP contribution in [0.25, 0.3) is 0 Å². The molecule has 5 heteroatoms. The van der Waals surface area contributed by atoms with E-state index >= 15 is 0 Å². The molecule has 0 radical (unpaired) electrons. The summed E-state index contributed by atoms with van der Waals surface area (Å²) in [5, 5.41) is 2.30. The number of anilines is 1. The maximum atomic E-state index is 11.7. The summed E-state index contributed by atoms with van der Waals surface area (Å²) in [6.45, 7) is 4.55. The van der Waals surface area contributed by atoms with Gasteiger partial charge in [0.05, 0.1) is 11.9 Å². The van der Waals surface area contributed by atoms with Crippen molar-refractivity contribution < 1.29 is 9.59 Å². The molecule has 1 aromatic heterocycles. The van der Waals surface area contributed by atoms with Crippen molar-refractivity contribution in [3.05, 3.63) is 24.0 Å². The molecule has 0 aromatic carbocycles. The van der Waals surface area contributed by atoms with E-state index in [4.69, 9.17) is 0 Å². The molecule has 1 saturated heterocycles. The van der Waals surface area contributed by atoms with Crippen LogP contribution >= 0.6 is 0 Å². The molecule has 0 atom stereocenters. The summed E-state index contributed by atoms with van der Waals surface area (Å²) in [5.41, 5.74) is 1.81. The largest absolute Gasteiger partial charge is 0.328 e. The number of rotatable bonds is 2. The summed E-state index contributed by atoms with van der Waals surface area (Å²) in [6, 6.07) is 1.57. The molecule has 0 unspecified atom stereocenters. The minimum absolute atomic E-state index is 0.223. The van der Waals surface area contributed by atoms with Gasteiger partial charge < -0.3 is 0 Å². The van der Waals surface area contributed by atoms with E-state index in [1.807, 2.05) is 6.07 Å². The number of nitrogens with zero attached hydrogens (tertiary/aromatic N) is 2. The summed E-state index contributed by atoms with van der Waals surface area (Å²) in [7, 11) is 0. The van der Waals surface area contributed by atoms with Gasteiger partial charge in [-0.15, -0.1) is 0 Å². The van der Waals surface area contributed by atoms with Crippen LogP contribution in [0.3, 0.4) is 0 Å². The lowest BCUT2D eigenvalue weighted by molar-refractivity contribution is -0.120. The SMILES string of the molecule is CC(C)c1cncc(N2CCC(=O)NC2=O)c1. The summed E-state index contributed by atoms with van der Waals surface area (Å²) in [4.78, 5) is 28.4. The zero-order valence-electron chi connectivity index (χ0n) is 9.93. The number of hydrogen-bond donors (Lipinski definition) is 1. The van der Waals surface area contributed by atoms with E-state index in [2.05, 4.69) is 24.1 Å². The summed E-state index contributed by atoms with van der Waals surface area (Å²) in [6.07, 6.45) is 3.76. The predicted octanol–water partition coefficient (Wildman–Crippen LogP) is 1.65. The first-order valence-electron chi connectivity index (χ1n) is 5.64. The third-order valence-corrected chi connectivity index (χ3v) is 2.78. The molecule has 17 heavy (non-hydrogen) atoms. The van der Waals surface area contributed by atoms with Crippen molar-refractivity contribution in [1.82, 2.24) is 10.3 Å². The molecular formula is C12H15N3O2. The van der Waals surface area contributed by atoms with E-state index < -0.39 is 0 Å². The van der Waals surface area contributed by atoms with E-state index in [1.165, 1.54) is 0 Å². The lowest BCUT2D eigenvalue weighted by Gasteiger charge is -2.26. The summed E-state index contributed by atoms with van der Waals surface area (Å²) in [5.74, 6) is 0.135. The van der Waals surface area contributed by atoms with E-state index in [-0.39, 0.29) is 11.9 Å². The average Bonchev–Trinajstić information content (AvgIpc) is 2.29. The number of pyridine rings is 1. The van der Waals surface area contributed by atoms with E-state index in [1.54, 1.807) is 17.3 Å². The van der Waals surface area contributed by atoms with Crippen molar-refractivity contribution in [2.24, 2.45) is 0 Å². The quantitative estimate of drug-likeness (QED) is 0.844. The lowest BCUT2D eigenvalue weighted by Crippen LogP contribution is -2.49. The highest BCUT2D eigenvalue weighted by Crippen LogP contribution is 2.21. The van der Waals surface area contributed by atoms with Gasteiger partial charge >= 0.3 is 6.03 Å². The molecular weight excluding hydrogens is 218 g/mol. The minimum Gasteiger partial charge on any atom is -0.292 e. The third kappa shape index (κ3) is 2.43. The lowest BCUT2D eigenvalue weighted by atomic mass is 10.1. The number of imide groups is 1. The van der Waals surface area contributed by atoms with E-state index in [9.17, 15) is 9.59 Å². The Morgan fingerprint density at radius 2 is 2.12 bits per heavy atom. The van der Waals surface area contributed by atoms with Crippen molar-refractivity contribution in [2.75, 3.05) is 11.4 Å². The molecule has 1 N–H and O–H groups in total. The second-order valence-corrected chi connectivity index (χ2v) is 4.39. The van der Waals surface area contributed by atoms with Crippen LogP contribution in [0.1, 0.15) is 31.7 Å². The van der Waals surface area contributed by atoms with Crippen LogP contribution in [0.15, 0.2) is 18.5 Å². The second kappa shape index (κ2) is 4.53. The standard InChI is InChI=1S/C12H15N3O2/c1-8(2)9-5-10(7-13-6-9)15-4-3-11(16)14-12(15)17/h5-8H,3-4H2,1-2H3,(H,14,16,17). The fourth-order valence-electron chi connectivity index (χ4n) is 1.72. The smallest absolute Gasteiger partial charge is 0.292 e. The van der Waals surface area contributed by atoms with Gasteiger partial charge in [0.15, 0.2) is 0 Å². The first kappa shape index (κ1) is 11.6. The van der Waals surface area contributed by atoms with Gasteiger partial charge in [0.25, 0.3) is 0 Å². The fraction of sp³-hybridized carbons (Fsp3) is 0.417. The molecule has 5 nitrogen and oxygen atoms in total. The van der Waals surface area contributed by atoms with Gasteiger partial charge in [-0.2, -0.15) is 0 Å². The van der Waals surface area contributed by atoms with Gasteiger partial charge in [-0.1, -0.05) is 13.8 Å². The van der Waals surface area contributed by atoms with Gasteiger partial charge in [-0.05, 0) is 17.5 Å². The van der Waals surface area contributed by atoms with Crippen molar-refractivity contribution in [2.45, 2.75) is 26.2 Å². The molecule has 1 aromatic rings. The molecule has 0 aliphatic carbocycles. The number of carbonyl (C=O) groups excluding carboxylic acids is 2. The molecule has 3 amide bonds. The van der Waals surface area contributed by atoms with Crippen LogP contribution in [0.5, 0.6) is 0 Å². The Kier molecular flexibility index (Phi) is 3.08. The molecule has 1 fully saturated rings. The molecule has 2 heterocycles. The molecule has 0 saturated carbocycles. The number of nitrogens with one attached hydrogen (secondary N) is 1. The van der Waals surface area contributed by atoms with Gasteiger partial charge in [0.1, 0.15) is 0 Å². The third-order valence-electron chi connectivity index (χ3n) is 2.78. The zero-order chi connectivity index (χ0) is 12.4. The highest BCUT2D eigenvalue weighted by Gasteiger charge is 2.24. The van der Waals surface area contributed by atoms with Crippen LogP contribution in [0.2, 0.25) is 0 Å². The van der Waals surface area contributed by atoms with Crippen LogP contribution in [0, 0.1) is 0 Å². The van der Waals surface area contributed by atoms with Crippen molar-refractivity contribution >= 4 is 17.6 Å². The monoisotopic (exact) mass is 233 g/mol. The number of hydrogen-bond acceptors (Lipinski definition) is 3. The molecule has 1 aliphatic rings. The van der Waals surface area contributed by atoms with Crippen LogP contribution < -0.4 is 10.2 Å². The second-order valence-electron chi connectivity index (χ2n) is 4.39. The van der Waals surface area contributed by atoms with Crippen LogP contribution in [0.4, 0.5) is 10.5 Å². The first-order valence-corrected chi connectivity index (χ1v) is 5.64. The maximum absolute atomic E-state index is 11.7. The van der Waals surface area contributed by atoms with Crippen LogP contribution in [-0.2, 0) is 4.79 Å². The van der Waals surface area contributed by atoms with Crippen molar-refractivity contribution in [1.29, 1.82) is 0 Å². The highest BCUT2D eigenvalue weighted by molar-refractivity contribution is 6.05. The van der Waals surface area contributed by atoms with E-state index in [0.717, 1.165) is 11.3 Å². The summed E-state index contributed by atoms with van der Waals surface area (Å²) < 4.78 is 0. The number of amides is 3. The van der Waals surface area contributed by atoms with Crippen molar-refractivity contribution in [3.63, 3.8) is 0 Å². The Morgan fingerprint density at radius 1 is 1.35 bits per heavy atom. The Bertz CT molecular complexity index is 457. The van der Waals surface area contributed by atoms with E-state index in [0.29, 0.717) is 18.9 Å². The average molecular weight is 233 g/mol. The summed E-state index contributed by atoms with van der Waals surface area (Å²) >= 11 is 0. The molecule has 90 valence electrons. The Labute approximate surface area is 99.8 Å². The van der Waals surface area contributed by atoms with Gasteiger partial charge in [-0.25, -0.2) is 4.79 Å². The molecule has 1 aliphatic heterocycles. The minimum atomic E-state index is -0.371. The topological polar surface area (TPSA) is 62.3 Å². The predicted molar refractivity (Wildman–Crippen MR) is 63.8 cm³/mol. The van der Waals surface area contributed by atoms with Crippen LogP contribution in [-0.4, -0.2) is 23.5 Å². The maximum Gasteiger partial charge on any atom is 0.328 e. The zero-order valence-corrected chi connectivity index (χ0v) is 9.93. The highest BCUT2D eigenvalue weighted by atomic mass is 16.2. The molecule has 2 rings (SSSR count). The molecule has 0 spiro atoms. The number of aromatic nitrogens is 1. The Morgan fingerprint density at radius 3 is 2.76 bits per heavy atom. The normalized spacial score (nSPS) is 16.3. The number of urea groups is 1. The molecule has 0 bridgehead atoms. The number of carbonyl (C=O) groups is 2. The van der Waals surface area contributed by atoms with Gasteiger partial charge in [-0.3, -0.25) is 20.0 Å². The Balaban J connectivity index is 2.25. The van der Waals surface area contributed by atoms with Crippen molar-refractivity contribution in [3.8, 4) is 0 Å². The van der Waals surface area contributed by atoms with Gasteiger partial charge in [0, 0.05) is 19.2 Å². The fourth-order valence-corrected chi connectivity index (χ4v) is 1.72.